The number of hydrogen-bond donors (Lipinski definition) is 4. The second-order valence-corrected chi connectivity index (χ2v) is 30.3. The van der Waals surface area contributed by atoms with Gasteiger partial charge in [0.25, 0.3) is 0 Å². The molecule has 0 radical (unpaired) electrons. The molecule has 0 fully saturated rings. The molecule has 0 aliphatic rings. The van der Waals surface area contributed by atoms with Crippen molar-refractivity contribution in [2.75, 3.05) is 53.5 Å². The average Bonchev–Trinajstić information content (AvgIpc) is 1.11. The van der Waals surface area contributed by atoms with Crippen LogP contribution in [0.4, 0.5) is 0 Å². The van der Waals surface area contributed by atoms with Crippen LogP contribution in [0.15, 0.2) is 0 Å². The predicted molar refractivity (Wildman–Crippen MR) is 403 cm³/mol. The standard InChI is InChI=1S/2C41H81NO3.H2O4S/c2*1-4-6-8-10-12-14-16-18-20-22-24-26-28-30-32-34-40(44)39(38-42(3)36-37-43)41(45)35-33-31-29-27-25-23-21-19-17-15-13-11-9-7-5-2;1-5(2,3)4/h2*39,43H,4-38H2,1-3H3;(H2,1,2,3,4). The molecule has 0 rings (SSSR count). The summed E-state index contributed by atoms with van der Waals surface area (Å²) in [5.41, 5.74) is 0. The second kappa shape index (κ2) is 79.7. The first-order valence-corrected chi connectivity index (χ1v) is 43.1. The molecule has 12 nitrogen and oxygen atoms in total. The first-order valence-electron chi connectivity index (χ1n) is 41.7. The van der Waals surface area contributed by atoms with Crippen molar-refractivity contribution in [2.45, 2.75) is 439 Å². The van der Waals surface area contributed by atoms with E-state index in [4.69, 9.17) is 17.5 Å². The number of unbranched alkanes of at least 4 members (excludes halogenated alkanes) is 56. The normalized spacial score (nSPS) is 12.3. The number of aliphatic hydroxyl groups excluding tert-OH is 2. The fourth-order valence-corrected chi connectivity index (χ4v) is 13.5. The van der Waals surface area contributed by atoms with Crippen LogP contribution in [0.2, 0.25) is 0 Å². The quantitative estimate of drug-likeness (QED) is 0.0197. The van der Waals surface area contributed by atoms with E-state index in [1.165, 1.54) is 334 Å². The number of likely N-dealkylation sites (N-methyl/N-ethyl adjacent to an activating group) is 2. The van der Waals surface area contributed by atoms with Crippen molar-refractivity contribution in [1.82, 2.24) is 0 Å². The van der Waals surface area contributed by atoms with Crippen LogP contribution in [-0.2, 0) is 29.6 Å². The van der Waals surface area contributed by atoms with E-state index in [0.717, 1.165) is 61.2 Å². The molecule has 0 saturated heterocycles. The summed E-state index contributed by atoms with van der Waals surface area (Å²) < 4.78 is 34.1. The van der Waals surface area contributed by atoms with Gasteiger partial charge in [0.2, 0.25) is 0 Å². The van der Waals surface area contributed by atoms with E-state index < -0.39 is 22.2 Å². The molecule has 95 heavy (non-hydrogen) atoms. The lowest BCUT2D eigenvalue weighted by atomic mass is 9.91. The molecule has 0 amide bonds. The Morgan fingerprint density at radius 2 is 0.379 bits per heavy atom. The Balaban J connectivity index is -0.00000166. The maximum absolute atomic E-state index is 13.1. The van der Waals surface area contributed by atoms with Gasteiger partial charge in [0, 0.05) is 36.1 Å². The molecule has 0 aromatic carbocycles. The largest absolute Gasteiger partial charge is 0.759 e. The van der Waals surface area contributed by atoms with E-state index in [-0.39, 0.29) is 36.3 Å². The number of nitrogens with one attached hydrogen (secondary N) is 2. The van der Waals surface area contributed by atoms with Gasteiger partial charge in [-0.05, 0) is 25.7 Å². The summed E-state index contributed by atoms with van der Waals surface area (Å²) in [4.78, 5) is 54.6. The fourth-order valence-electron chi connectivity index (χ4n) is 13.5. The van der Waals surface area contributed by atoms with Gasteiger partial charge in [0.05, 0.1) is 40.4 Å². The van der Waals surface area contributed by atoms with Gasteiger partial charge in [-0.15, -0.1) is 0 Å². The smallest absolute Gasteiger partial charge is 0.149 e. The van der Waals surface area contributed by atoms with Crippen molar-refractivity contribution in [3.8, 4) is 0 Å². The summed E-state index contributed by atoms with van der Waals surface area (Å²) in [6.45, 7) is 11.6. The van der Waals surface area contributed by atoms with Gasteiger partial charge in [-0.3, -0.25) is 27.6 Å². The number of ketones is 4. The number of rotatable bonds is 76. The lowest BCUT2D eigenvalue weighted by Crippen LogP contribution is -3.10. The Bertz CT molecular complexity index is 1490. The van der Waals surface area contributed by atoms with Gasteiger partial charge in [-0.2, -0.15) is 0 Å². The lowest BCUT2D eigenvalue weighted by Gasteiger charge is -2.19. The van der Waals surface area contributed by atoms with Gasteiger partial charge in [-0.25, -0.2) is 0 Å². The first kappa shape index (κ1) is 97.6. The Labute approximate surface area is 591 Å². The van der Waals surface area contributed by atoms with Crippen LogP contribution >= 0.6 is 0 Å². The summed E-state index contributed by atoms with van der Waals surface area (Å²) >= 11 is 0. The molecule has 0 aliphatic carbocycles. The van der Waals surface area contributed by atoms with Crippen LogP contribution < -0.4 is 9.80 Å². The molecule has 2 unspecified atom stereocenters. The third-order valence-electron chi connectivity index (χ3n) is 19.8. The molecule has 0 bridgehead atoms. The minimum Gasteiger partial charge on any atom is -0.759 e. The minimum atomic E-state index is -5.17. The molecular formula is C82H164N2O10S. The zero-order chi connectivity index (χ0) is 70.6. The van der Waals surface area contributed by atoms with E-state index in [1.807, 2.05) is 14.1 Å². The van der Waals surface area contributed by atoms with Gasteiger partial charge in [0.15, 0.2) is 0 Å². The molecule has 4 N–H and O–H groups in total. The second-order valence-electron chi connectivity index (χ2n) is 29.4. The minimum absolute atomic E-state index is 0.0963. The maximum atomic E-state index is 13.1. The van der Waals surface area contributed by atoms with Gasteiger partial charge < -0.3 is 29.1 Å². The lowest BCUT2D eigenvalue weighted by molar-refractivity contribution is -0.881. The van der Waals surface area contributed by atoms with Crippen LogP contribution in [0.3, 0.4) is 0 Å². The number of aliphatic hydroxyl groups is 2. The van der Waals surface area contributed by atoms with Crippen molar-refractivity contribution in [3.63, 3.8) is 0 Å². The predicted octanol–water partition coefficient (Wildman–Crippen LogP) is 20.2. The molecule has 568 valence electrons. The van der Waals surface area contributed by atoms with Gasteiger partial charge in [0.1, 0.15) is 48.1 Å². The fraction of sp³-hybridized carbons (Fsp3) is 0.951. The van der Waals surface area contributed by atoms with E-state index in [2.05, 4.69) is 27.7 Å². The molecule has 0 aromatic heterocycles. The third-order valence-corrected chi connectivity index (χ3v) is 19.8. The Morgan fingerprint density at radius 1 is 0.263 bits per heavy atom. The molecule has 0 aromatic rings. The van der Waals surface area contributed by atoms with E-state index in [1.54, 1.807) is 0 Å². The molecule has 13 heteroatoms. The topological polar surface area (TPSA) is 198 Å². The third kappa shape index (κ3) is 81.2. The highest BCUT2D eigenvalue weighted by molar-refractivity contribution is 7.79. The molecule has 0 saturated carbocycles. The van der Waals surface area contributed by atoms with E-state index >= 15 is 0 Å². The van der Waals surface area contributed by atoms with Crippen molar-refractivity contribution in [3.05, 3.63) is 0 Å². The molecule has 0 heterocycles. The summed E-state index contributed by atoms with van der Waals surface area (Å²) in [7, 11) is -1.18. The summed E-state index contributed by atoms with van der Waals surface area (Å²) in [6, 6.07) is 0. The van der Waals surface area contributed by atoms with Crippen molar-refractivity contribution in [2.24, 2.45) is 11.8 Å². The van der Waals surface area contributed by atoms with Crippen LogP contribution in [0.5, 0.6) is 0 Å². The first-order chi connectivity index (χ1) is 46.1. The van der Waals surface area contributed by atoms with Crippen molar-refractivity contribution in [1.29, 1.82) is 0 Å². The SMILES string of the molecule is CCCCCCCCCCCCCCCCCC(=O)C(C[NH+](C)CCO)C(=O)CCCCCCCCCCCCCCCCC.CCCCCCCCCCCCCCCCCC(=O)C(C[NH+](C)CCO)C(=O)CCCCCCCCCCCCCCCCC.O=S(=O)([O-])[O-]. The molecule has 0 spiro atoms. The summed E-state index contributed by atoms with van der Waals surface area (Å²) in [6.07, 6.45) is 81.2. The number of carbonyl (C=O) groups is 4. The zero-order valence-electron chi connectivity index (χ0n) is 64.2. The monoisotopic (exact) mass is 1370 g/mol. The van der Waals surface area contributed by atoms with Crippen LogP contribution in [0.25, 0.3) is 0 Å². The highest BCUT2D eigenvalue weighted by Crippen LogP contribution is 2.21. The molecule has 0 aliphatic heterocycles. The molecule has 2 atom stereocenters. The number of carbonyl (C=O) groups excluding carboxylic acids is 4. The van der Waals surface area contributed by atoms with Crippen molar-refractivity contribution < 1.29 is 56.7 Å². The summed E-state index contributed by atoms with van der Waals surface area (Å²) in [5, 5.41) is 18.7. The van der Waals surface area contributed by atoms with Gasteiger partial charge >= 0.3 is 0 Å². The molecular weight excluding hydrogens is 1200 g/mol. The van der Waals surface area contributed by atoms with Crippen molar-refractivity contribution >= 4 is 33.5 Å². The highest BCUT2D eigenvalue weighted by Gasteiger charge is 2.30. The number of quaternary nitrogens is 2. The number of hydrogen-bond acceptors (Lipinski definition) is 10. The zero-order valence-corrected chi connectivity index (χ0v) is 65.0. The summed E-state index contributed by atoms with van der Waals surface area (Å²) in [5.74, 6) is -0.369. The van der Waals surface area contributed by atoms with E-state index in [0.29, 0.717) is 51.9 Å². The maximum Gasteiger partial charge on any atom is 0.149 e. The Morgan fingerprint density at radius 3 is 0.495 bits per heavy atom. The van der Waals surface area contributed by atoms with Crippen LogP contribution in [-0.4, -0.2) is 104 Å². The van der Waals surface area contributed by atoms with Crippen LogP contribution in [0, 0.1) is 11.8 Å². The van der Waals surface area contributed by atoms with E-state index in [9.17, 15) is 29.4 Å². The van der Waals surface area contributed by atoms with Crippen LogP contribution in [0.1, 0.15) is 439 Å². The average molecular weight is 1370 g/mol. The highest BCUT2D eigenvalue weighted by atomic mass is 32.3. The Hall–Kier alpha value is -1.61. The Kier molecular flexibility index (Phi) is 81.9. The van der Waals surface area contributed by atoms with Gasteiger partial charge in [-0.1, -0.05) is 387 Å². The number of Topliss-reactive ketones (excluding diaryl/α,β-unsaturated/α-hetero) is 4.